The van der Waals surface area contributed by atoms with Crippen LogP contribution in [-0.2, 0) is 13.7 Å². The molecule has 1 aromatic rings. The molecule has 2 N–H and O–H groups in total. The molecule has 1 unspecified atom stereocenters. The second kappa shape index (κ2) is 8.45. The molecular weight excluding hydrogens is 342 g/mol. The standard InChI is InChI=1S/C13H17N3O7S/c1-13(2,3)23-12(19)15-8(11(17)18)7-22-24-10-9(16(20)21)5-4-6-14-10/h4-6,8H,7H2,1-3H3,(H,15,19)(H,17,18). The molecule has 0 radical (unpaired) electrons. The van der Waals surface area contributed by atoms with Gasteiger partial charge in [0.25, 0.3) is 0 Å². The highest BCUT2D eigenvalue weighted by Crippen LogP contribution is 2.26. The first-order valence-electron chi connectivity index (χ1n) is 6.71. The lowest BCUT2D eigenvalue weighted by Gasteiger charge is -2.21. The van der Waals surface area contributed by atoms with Crippen molar-refractivity contribution >= 4 is 29.8 Å². The highest BCUT2D eigenvalue weighted by Gasteiger charge is 2.25. The third-order valence-corrected chi connectivity index (χ3v) is 3.04. The summed E-state index contributed by atoms with van der Waals surface area (Å²) in [6.07, 6.45) is 0.430. The predicted molar refractivity (Wildman–Crippen MR) is 83.5 cm³/mol. The van der Waals surface area contributed by atoms with E-state index in [9.17, 15) is 19.7 Å². The topological polar surface area (TPSA) is 141 Å². The number of carboxylic acid groups (broad SMARTS) is 1. The Hall–Kier alpha value is -2.40. The van der Waals surface area contributed by atoms with Crippen molar-refractivity contribution < 1.29 is 28.5 Å². The van der Waals surface area contributed by atoms with Crippen LogP contribution in [0, 0.1) is 10.1 Å². The molecule has 24 heavy (non-hydrogen) atoms. The van der Waals surface area contributed by atoms with Gasteiger partial charge in [-0.1, -0.05) is 0 Å². The predicted octanol–water partition coefficient (Wildman–Crippen LogP) is 1.99. The third kappa shape index (κ3) is 6.79. The van der Waals surface area contributed by atoms with E-state index in [2.05, 4.69) is 10.3 Å². The molecule has 0 spiro atoms. The number of rotatable bonds is 7. The van der Waals surface area contributed by atoms with Crippen molar-refractivity contribution in [2.75, 3.05) is 6.61 Å². The molecule has 0 aromatic carbocycles. The number of carbonyl (C=O) groups excluding carboxylic acids is 1. The maximum atomic E-state index is 11.6. The molecule has 10 nitrogen and oxygen atoms in total. The Morgan fingerprint density at radius 1 is 1.50 bits per heavy atom. The maximum absolute atomic E-state index is 11.6. The summed E-state index contributed by atoms with van der Waals surface area (Å²) in [4.78, 5) is 36.7. The van der Waals surface area contributed by atoms with Crippen molar-refractivity contribution in [3.05, 3.63) is 28.4 Å². The molecule has 11 heteroatoms. The maximum Gasteiger partial charge on any atom is 0.408 e. The van der Waals surface area contributed by atoms with Gasteiger partial charge >= 0.3 is 17.7 Å². The molecule has 0 bridgehead atoms. The van der Waals surface area contributed by atoms with Gasteiger partial charge in [0.2, 0.25) is 5.03 Å². The summed E-state index contributed by atoms with van der Waals surface area (Å²) in [5.74, 6) is -1.34. The first-order valence-corrected chi connectivity index (χ1v) is 7.45. The van der Waals surface area contributed by atoms with Crippen LogP contribution in [0.5, 0.6) is 0 Å². The number of pyridine rings is 1. The second-order valence-corrected chi connectivity index (χ2v) is 6.28. The fourth-order valence-corrected chi connectivity index (χ4v) is 2.02. The van der Waals surface area contributed by atoms with Crippen LogP contribution in [0.3, 0.4) is 0 Å². The molecule has 132 valence electrons. The first kappa shape index (κ1) is 19.6. The van der Waals surface area contributed by atoms with Gasteiger partial charge in [0.05, 0.1) is 23.6 Å². The van der Waals surface area contributed by atoms with Gasteiger partial charge in [-0.3, -0.25) is 10.1 Å². The average Bonchev–Trinajstić information content (AvgIpc) is 2.44. The molecule has 1 heterocycles. The van der Waals surface area contributed by atoms with Crippen LogP contribution in [-0.4, -0.2) is 45.3 Å². The summed E-state index contributed by atoms with van der Waals surface area (Å²) < 4.78 is 10.0. The first-order chi connectivity index (χ1) is 11.1. The smallest absolute Gasteiger partial charge is 0.408 e. The van der Waals surface area contributed by atoms with Crippen molar-refractivity contribution in [2.24, 2.45) is 0 Å². The van der Waals surface area contributed by atoms with Gasteiger partial charge in [0.1, 0.15) is 5.60 Å². The highest BCUT2D eigenvalue weighted by molar-refractivity contribution is 7.94. The van der Waals surface area contributed by atoms with Gasteiger partial charge in [0, 0.05) is 12.3 Å². The fraction of sp³-hybridized carbons (Fsp3) is 0.462. The van der Waals surface area contributed by atoms with Gasteiger partial charge in [0.15, 0.2) is 6.04 Å². The number of nitrogens with one attached hydrogen (secondary N) is 1. The molecule has 0 saturated carbocycles. The summed E-state index contributed by atoms with van der Waals surface area (Å²) in [6, 6.07) is 1.26. The summed E-state index contributed by atoms with van der Waals surface area (Å²) in [5.41, 5.74) is -1.05. The Kier molecular flexibility index (Phi) is 6.92. The molecule has 1 rings (SSSR count). The summed E-state index contributed by atoms with van der Waals surface area (Å²) in [6.45, 7) is 4.46. The molecule has 1 amide bonds. The van der Waals surface area contributed by atoms with E-state index in [-0.39, 0.29) is 10.7 Å². The van der Waals surface area contributed by atoms with Crippen molar-refractivity contribution in [2.45, 2.75) is 37.4 Å². The van der Waals surface area contributed by atoms with Crippen LogP contribution >= 0.6 is 12.0 Å². The van der Waals surface area contributed by atoms with Crippen LogP contribution in [0.2, 0.25) is 0 Å². The Morgan fingerprint density at radius 2 is 2.17 bits per heavy atom. The van der Waals surface area contributed by atoms with E-state index in [0.717, 1.165) is 0 Å². The molecule has 0 aliphatic rings. The van der Waals surface area contributed by atoms with E-state index in [1.165, 1.54) is 18.3 Å². The lowest BCUT2D eigenvalue weighted by Crippen LogP contribution is -2.45. The number of nitro groups is 1. The van der Waals surface area contributed by atoms with Gasteiger partial charge in [-0.05, 0) is 26.8 Å². The largest absolute Gasteiger partial charge is 0.480 e. The van der Waals surface area contributed by atoms with Crippen molar-refractivity contribution in [3.8, 4) is 0 Å². The molecule has 0 aliphatic heterocycles. The number of hydrogen-bond acceptors (Lipinski definition) is 8. The van der Waals surface area contributed by atoms with Crippen molar-refractivity contribution in [3.63, 3.8) is 0 Å². The molecule has 1 aromatic heterocycles. The van der Waals surface area contributed by atoms with Crippen molar-refractivity contribution in [1.29, 1.82) is 0 Å². The highest BCUT2D eigenvalue weighted by atomic mass is 32.2. The van der Waals surface area contributed by atoms with Crippen LogP contribution < -0.4 is 5.32 Å². The van der Waals surface area contributed by atoms with E-state index < -0.39 is 35.2 Å². The third-order valence-electron chi connectivity index (χ3n) is 2.31. The minimum atomic E-state index is -1.38. The minimum Gasteiger partial charge on any atom is -0.480 e. The van der Waals surface area contributed by atoms with E-state index in [0.29, 0.717) is 12.0 Å². The molecule has 0 saturated heterocycles. The number of aliphatic carboxylic acids is 1. The Labute approximate surface area is 141 Å². The Balaban J connectivity index is 2.61. The summed E-state index contributed by atoms with van der Waals surface area (Å²) in [7, 11) is 0. The van der Waals surface area contributed by atoms with Crippen LogP contribution in [0.1, 0.15) is 20.8 Å². The lowest BCUT2D eigenvalue weighted by molar-refractivity contribution is -0.388. The van der Waals surface area contributed by atoms with Gasteiger partial charge in [-0.15, -0.1) is 0 Å². The number of aromatic nitrogens is 1. The van der Waals surface area contributed by atoms with Gasteiger partial charge < -0.3 is 19.3 Å². The second-order valence-electron chi connectivity index (χ2n) is 5.49. The zero-order chi connectivity index (χ0) is 18.3. The van der Waals surface area contributed by atoms with Crippen LogP contribution in [0.25, 0.3) is 0 Å². The normalized spacial score (nSPS) is 12.3. The zero-order valence-electron chi connectivity index (χ0n) is 13.2. The van der Waals surface area contributed by atoms with Gasteiger partial charge in [-0.25, -0.2) is 14.6 Å². The van der Waals surface area contributed by atoms with Crippen LogP contribution in [0.4, 0.5) is 10.5 Å². The zero-order valence-corrected chi connectivity index (χ0v) is 14.0. The summed E-state index contributed by atoms with van der Waals surface area (Å²) in [5, 5.41) is 22.0. The number of nitrogens with zero attached hydrogens (tertiary/aromatic N) is 2. The monoisotopic (exact) mass is 359 g/mol. The van der Waals surface area contributed by atoms with E-state index in [1.807, 2.05) is 0 Å². The van der Waals surface area contributed by atoms with E-state index in [1.54, 1.807) is 20.8 Å². The SMILES string of the molecule is CC(C)(C)OC(=O)NC(COSc1ncccc1[N+](=O)[O-])C(=O)O. The molecule has 1 atom stereocenters. The fourth-order valence-electron chi connectivity index (χ4n) is 1.37. The Bertz CT molecular complexity index is 618. The quantitative estimate of drug-likeness (QED) is 0.424. The lowest BCUT2D eigenvalue weighted by atomic mass is 10.2. The summed E-state index contributed by atoms with van der Waals surface area (Å²) >= 11 is 0.553. The van der Waals surface area contributed by atoms with E-state index in [4.69, 9.17) is 14.0 Å². The number of ether oxygens (including phenoxy) is 1. The number of carboxylic acids is 1. The number of alkyl carbamates (subject to hydrolysis) is 1. The Morgan fingerprint density at radius 3 is 2.71 bits per heavy atom. The minimum absolute atomic E-state index is 0.0242. The van der Waals surface area contributed by atoms with Crippen molar-refractivity contribution in [1.82, 2.24) is 10.3 Å². The number of amides is 1. The average molecular weight is 359 g/mol. The molecule has 0 fully saturated rings. The van der Waals surface area contributed by atoms with Crippen LogP contribution in [0.15, 0.2) is 23.4 Å². The van der Waals surface area contributed by atoms with E-state index >= 15 is 0 Å². The van der Waals surface area contributed by atoms with Gasteiger partial charge in [-0.2, -0.15) is 0 Å². The number of hydrogen-bond donors (Lipinski definition) is 2. The molecule has 0 aliphatic carbocycles. The molecular formula is C13H17N3O7S. The number of carbonyl (C=O) groups is 2.